The molecule has 0 radical (unpaired) electrons. The number of methoxy groups -OCH3 is 2. The average Bonchev–Trinajstić information content (AvgIpc) is 2.50. The molecule has 0 spiro atoms. The molecule has 0 unspecified atom stereocenters. The van der Waals surface area contributed by atoms with E-state index in [1.165, 1.54) is 14.2 Å². The van der Waals surface area contributed by atoms with Crippen LogP contribution in [0.1, 0.15) is 18.9 Å². The van der Waals surface area contributed by atoms with Crippen LogP contribution in [0, 0.1) is 5.92 Å². The van der Waals surface area contributed by atoms with E-state index in [1.807, 2.05) is 37.3 Å². The number of allylic oxidation sites excluding steroid dienone is 1. The number of carbonyl (C=O) groups is 2. The van der Waals surface area contributed by atoms with Crippen molar-refractivity contribution in [1.29, 1.82) is 0 Å². The summed E-state index contributed by atoms with van der Waals surface area (Å²) in [5.41, 5.74) is 5.03. The Hall–Kier alpha value is -2.32. The Morgan fingerprint density at radius 2 is 1.70 bits per heavy atom. The van der Waals surface area contributed by atoms with E-state index >= 15 is 0 Å². The Balaban J connectivity index is 2.83. The summed E-state index contributed by atoms with van der Waals surface area (Å²) in [6.45, 7) is 1.91. The molecule has 0 bridgehead atoms. The van der Waals surface area contributed by atoms with E-state index in [0.29, 0.717) is 0 Å². The SMILES string of the molecule is COC(=O)C(CC=C=C(C)c1ccccc1)C(=O)OC. The second kappa shape index (κ2) is 7.97. The van der Waals surface area contributed by atoms with E-state index in [4.69, 9.17) is 0 Å². The van der Waals surface area contributed by atoms with E-state index in [2.05, 4.69) is 15.2 Å². The lowest BCUT2D eigenvalue weighted by Crippen LogP contribution is -2.25. The first-order chi connectivity index (χ1) is 9.60. The number of ether oxygens (including phenoxy) is 2. The van der Waals surface area contributed by atoms with Crippen LogP contribution < -0.4 is 0 Å². The van der Waals surface area contributed by atoms with Crippen LogP contribution in [-0.4, -0.2) is 26.2 Å². The van der Waals surface area contributed by atoms with Gasteiger partial charge in [0.2, 0.25) is 0 Å². The van der Waals surface area contributed by atoms with Gasteiger partial charge in [-0.05, 0) is 30.6 Å². The Labute approximate surface area is 118 Å². The van der Waals surface area contributed by atoms with E-state index in [-0.39, 0.29) is 6.42 Å². The molecular weight excluding hydrogens is 256 g/mol. The molecule has 1 aromatic carbocycles. The normalized spacial score (nSPS) is 9.60. The molecule has 0 aliphatic carbocycles. The highest BCUT2D eigenvalue weighted by atomic mass is 16.5. The summed E-state index contributed by atoms with van der Waals surface area (Å²) in [7, 11) is 2.49. The topological polar surface area (TPSA) is 52.6 Å². The fourth-order valence-electron chi connectivity index (χ4n) is 1.67. The van der Waals surface area contributed by atoms with Crippen LogP contribution in [0.3, 0.4) is 0 Å². The van der Waals surface area contributed by atoms with Gasteiger partial charge in [-0.25, -0.2) is 0 Å². The van der Waals surface area contributed by atoms with Crippen LogP contribution in [-0.2, 0) is 19.1 Å². The van der Waals surface area contributed by atoms with Crippen LogP contribution in [0.2, 0.25) is 0 Å². The van der Waals surface area contributed by atoms with E-state index in [0.717, 1.165) is 11.1 Å². The maximum Gasteiger partial charge on any atom is 0.320 e. The molecule has 0 fully saturated rings. The third-order valence-electron chi connectivity index (χ3n) is 2.85. The van der Waals surface area contributed by atoms with Gasteiger partial charge in [-0.2, -0.15) is 0 Å². The van der Waals surface area contributed by atoms with Crippen LogP contribution in [0.25, 0.3) is 5.57 Å². The molecule has 0 aromatic heterocycles. The lowest BCUT2D eigenvalue weighted by molar-refractivity contribution is -0.158. The second-order valence-electron chi connectivity index (χ2n) is 4.17. The van der Waals surface area contributed by atoms with Gasteiger partial charge in [-0.1, -0.05) is 30.3 Å². The molecule has 0 aliphatic rings. The predicted octanol–water partition coefficient (Wildman–Crippen LogP) is 2.60. The zero-order valence-electron chi connectivity index (χ0n) is 11.9. The molecule has 0 saturated carbocycles. The van der Waals surface area contributed by atoms with Crippen molar-refractivity contribution in [2.75, 3.05) is 14.2 Å². The summed E-state index contributed by atoms with van der Waals surface area (Å²) < 4.78 is 9.17. The summed E-state index contributed by atoms with van der Waals surface area (Å²) in [5, 5.41) is 0. The quantitative estimate of drug-likeness (QED) is 0.470. The van der Waals surface area contributed by atoms with E-state index in [9.17, 15) is 9.59 Å². The van der Waals surface area contributed by atoms with E-state index < -0.39 is 17.9 Å². The Bertz CT molecular complexity index is 509. The van der Waals surface area contributed by atoms with Gasteiger partial charge in [0.05, 0.1) is 14.2 Å². The van der Waals surface area contributed by atoms with Crippen LogP contribution >= 0.6 is 0 Å². The molecule has 0 heterocycles. The van der Waals surface area contributed by atoms with Crippen molar-refractivity contribution < 1.29 is 19.1 Å². The van der Waals surface area contributed by atoms with Gasteiger partial charge in [-0.15, -0.1) is 5.73 Å². The fraction of sp³-hybridized carbons (Fsp3) is 0.312. The molecule has 0 amide bonds. The summed E-state index contributed by atoms with van der Waals surface area (Å²) in [6.07, 6.45) is 1.85. The number of benzene rings is 1. The van der Waals surface area contributed by atoms with Gasteiger partial charge in [0, 0.05) is 0 Å². The van der Waals surface area contributed by atoms with Gasteiger partial charge in [0.1, 0.15) is 0 Å². The number of esters is 2. The number of hydrogen-bond donors (Lipinski definition) is 0. The minimum absolute atomic E-state index is 0.198. The average molecular weight is 274 g/mol. The highest BCUT2D eigenvalue weighted by Crippen LogP contribution is 2.13. The smallest absolute Gasteiger partial charge is 0.320 e. The van der Waals surface area contributed by atoms with Crippen molar-refractivity contribution in [2.24, 2.45) is 5.92 Å². The Morgan fingerprint density at radius 1 is 1.15 bits per heavy atom. The summed E-state index contributed by atoms with van der Waals surface area (Å²) in [4.78, 5) is 23.0. The zero-order valence-corrected chi connectivity index (χ0v) is 11.9. The minimum atomic E-state index is -0.943. The minimum Gasteiger partial charge on any atom is -0.468 e. The van der Waals surface area contributed by atoms with Crippen LogP contribution in [0.5, 0.6) is 0 Å². The van der Waals surface area contributed by atoms with Gasteiger partial charge in [0.25, 0.3) is 0 Å². The number of carbonyl (C=O) groups excluding carboxylic acids is 2. The van der Waals surface area contributed by atoms with Gasteiger partial charge in [0.15, 0.2) is 5.92 Å². The molecule has 1 aromatic rings. The van der Waals surface area contributed by atoms with Crippen LogP contribution in [0.4, 0.5) is 0 Å². The number of rotatable bonds is 5. The first-order valence-electron chi connectivity index (χ1n) is 6.23. The molecule has 20 heavy (non-hydrogen) atoms. The maximum atomic E-state index is 11.5. The first-order valence-corrected chi connectivity index (χ1v) is 6.23. The first kappa shape index (κ1) is 15.7. The third kappa shape index (κ3) is 4.41. The maximum absolute atomic E-state index is 11.5. The lowest BCUT2D eigenvalue weighted by atomic mass is 10.0. The lowest BCUT2D eigenvalue weighted by Gasteiger charge is -2.09. The Morgan fingerprint density at radius 3 is 2.20 bits per heavy atom. The van der Waals surface area contributed by atoms with Gasteiger partial charge >= 0.3 is 11.9 Å². The molecule has 1 rings (SSSR count). The molecule has 0 N–H and O–H groups in total. The molecular formula is C16H18O4. The largest absolute Gasteiger partial charge is 0.468 e. The van der Waals surface area contributed by atoms with Crippen molar-refractivity contribution in [3.63, 3.8) is 0 Å². The van der Waals surface area contributed by atoms with E-state index in [1.54, 1.807) is 6.08 Å². The monoisotopic (exact) mass is 274 g/mol. The third-order valence-corrected chi connectivity index (χ3v) is 2.85. The molecule has 4 nitrogen and oxygen atoms in total. The van der Waals surface area contributed by atoms with Gasteiger partial charge in [-0.3, -0.25) is 9.59 Å². The molecule has 106 valence electrons. The zero-order chi connectivity index (χ0) is 15.0. The van der Waals surface area contributed by atoms with Crippen molar-refractivity contribution in [3.05, 3.63) is 47.7 Å². The number of hydrogen-bond acceptors (Lipinski definition) is 4. The summed E-state index contributed by atoms with van der Waals surface area (Å²) in [6, 6.07) is 9.74. The molecule has 4 heteroatoms. The molecule has 0 saturated heterocycles. The summed E-state index contributed by atoms with van der Waals surface area (Å²) >= 11 is 0. The van der Waals surface area contributed by atoms with Gasteiger partial charge < -0.3 is 9.47 Å². The summed E-state index contributed by atoms with van der Waals surface area (Å²) in [5.74, 6) is -2.15. The van der Waals surface area contributed by atoms with Crippen LogP contribution in [0.15, 0.2) is 42.1 Å². The van der Waals surface area contributed by atoms with Crippen molar-refractivity contribution in [3.8, 4) is 0 Å². The highest BCUT2D eigenvalue weighted by molar-refractivity contribution is 5.94. The van der Waals surface area contributed by atoms with Crippen molar-refractivity contribution in [2.45, 2.75) is 13.3 Å². The van der Waals surface area contributed by atoms with Crippen molar-refractivity contribution in [1.82, 2.24) is 0 Å². The molecule has 0 atom stereocenters. The standard InChI is InChI=1S/C16H18O4/c1-12(13-9-5-4-6-10-13)8-7-11-14(15(17)19-2)16(18)20-3/h4-7,9-10,14H,11H2,1-3H3. The second-order valence-corrected chi connectivity index (χ2v) is 4.17. The molecule has 0 aliphatic heterocycles. The fourth-order valence-corrected chi connectivity index (χ4v) is 1.67. The highest BCUT2D eigenvalue weighted by Gasteiger charge is 2.27. The van der Waals surface area contributed by atoms with Crippen molar-refractivity contribution >= 4 is 17.5 Å². The Kier molecular flexibility index (Phi) is 6.27. The predicted molar refractivity (Wildman–Crippen MR) is 75.7 cm³/mol.